The minimum atomic E-state index is -0.578. The number of rotatable bonds is 2. The Morgan fingerprint density at radius 2 is 1.94 bits per heavy atom. The van der Waals surface area contributed by atoms with Crippen LogP contribution in [0.5, 0.6) is 0 Å². The van der Waals surface area contributed by atoms with E-state index in [0.29, 0.717) is 11.8 Å². The van der Waals surface area contributed by atoms with E-state index < -0.39 is 5.82 Å². The van der Waals surface area contributed by atoms with Gasteiger partial charge in [-0.2, -0.15) is 0 Å². The molecule has 0 radical (unpaired) electrons. The summed E-state index contributed by atoms with van der Waals surface area (Å²) >= 11 is 0. The lowest BCUT2D eigenvalue weighted by atomic mass is 10.1. The van der Waals surface area contributed by atoms with Crippen molar-refractivity contribution in [3.05, 3.63) is 42.0 Å². The van der Waals surface area contributed by atoms with Crippen LogP contribution in [0, 0.1) is 5.82 Å². The zero-order valence-electron chi connectivity index (χ0n) is 8.22. The number of nitrogens with two attached hydrogens (primary N) is 1. The quantitative estimate of drug-likeness (QED) is 0.777. The first-order valence-electron chi connectivity index (χ1n) is 4.54. The number of aromatic nitrogens is 2. The van der Waals surface area contributed by atoms with E-state index >= 15 is 0 Å². The number of nitrogen functional groups attached to an aromatic ring is 1. The molecule has 0 aliphatic rings. The van der Waals surface area contributed by atoms with Crippen molar-refractivity contribution in [1.82, 2.24) is 9.97 Å². The fraction of sp³-hybridized carbons (Fsp3) is 0. The van der Waals surface area contributed by atoms with Crippen LogP contribution < -0.4 is 5.73 Å². The average molecular weight is 217 g/mol. The first-order valence-corrected chi connectivity index (χ1v) is 4.54. The molecule has 80 valence electrons. The largest absolute Gasteiger partial charge is 0.368 e. The predicted octanol–water partition coefficient (Wildman–Crippen LogP) is 1.68. The van der Waals surface area contributed by atoms with Gasteiger partial charge < -0.3 is 5.73 Å². The Kier molecular flexibility index (Phi) is 2.59. The SMILES string of the molecule is Nc1ncc(-c2cccc(C=O)c2F)cn1. The second kappa shape index (κ2) is 4.06. The predicted molar refractivity (Wildman–Crippen MR) is 57.2 cm³/mol. The van der Waals surface area contributed by atoms with Crippen molar-refractivity contribution in [2.24, 2.45) is 0 Å². The summed E-state index contributed by atoms with van der Waals surface area (Å²) in [5.41, 5.74) is 6.10. The number of hydrogen-bond acceptors (Lipinski definition) is 4. The van der Waals surface area contributed by atoms with Crippen LogP contribution in [0.4, 0.5) is 10.3 Å². The molecule has 0 aliphatic heterocycles. The molecule has 0 unspecified atom stereocenters. The van der Waals surface area contributed by atoms with Crippen LogP contribution in [-0.4, -0.2) is 16.3 Å². The van der Waals surface area contributed by atoms with Crippen molar-refractivity contribution in [3.8, 4) is 11.1 Å². The van der Waals surface area contributed by atoms with Gasteiger partial charge in [0.25, 0.3) is 0 Å². The average Bonchev–Trinajstić information content (AvgIpc) is 2.31. The third-order valence-corrected chi connectivity index (χ3v) is 2.14. The lowest BCUT2D eigenvalue weighted by Gasteiger charge is -2.04. The molecule has 1 heterocycles. The molecule has 16 heavy (non-hydrogen) atoms. The molecule has 0 spiro atoms. The molecule has 2 aromatic rings. The van der Waals surface area contributed by atoms with Gasteiger partial charge in [-0.25, -0.2) is 14.4 Å². The van der Waals surface area contributed by atoms with Crippen LogP contribution in [0.3, 0.4) is 0 Å². The molecule has 0 aliphatic carbocycles. The fourth-order valence-electron chi connectivity index (χ4n) is 1.34. The Morgan fingerprint density at radius 3 is 2.56 bits per heavy atom. The maximum Gasteiger partial charge on any atom is 0.219 e. The number of carbonyl (C=O) groups is 1. The van der Waals surface area contributed by atoms with Crippen LogP contribution in [0.25, 0.3) is 11.1 Å². The van der Waals surface area contributed by atoms with E-state index in [1.165, 1.54) is 18.5 Å². The normalized spacial score (nSPS) is 10.1. The molecule has 0 fully saturated rings. The van der Waals surface area contributed by atoms with E-state index in [-0.39, 0.29) is 17.1 Å². The Labute approximate surface area is 91.0 Å². The summed E-state index contributed by atoms with van der Waals surface area (Å²) in [6.45, 7) is 0. The van der Waals surface area contributed by atoms with Gasteiger partial charge in [-0.05, 0) is 6.07 Å². The molecule has 1 aromatic heterocycles. The van der Waals surface area contributed by atoms with Gasteiger partial charge in [-0.3, -0.25) is 4.79 Å². The Morgan fingerprint density at radius 1 is 1.25 bits per heavy atom. The van der Waals surface area contributed by atoms with Gasteiger partial charge in [0.1, 0.15) is 5.82 Å². The lowest BCUT2D eigenvalue weighted by Crippen LogP contribution is -1.96. The van der Waals surface area contributed by atoms with Gasteiger partial charge >= 0.3 is 0 Å². The van der Waals surface area contributed by atoms with Crippen molar-refractivity contribution in [1.29, 1.82) is 0 Å². The summed E-state index contributed by atoms with van der Waals surface area (Å²) in [4.78, 5) is 18.1. The third kappa shape index (κ3) is 1.75. The molecule has 1 aromatic carbocycles. The van der Waals surface area contributed by atoms with Crippen LogP contribution >= 0.6 is 0 Å². The number of halogens is 1. The second-order valence-electron chi connectivity index (χ2n) is 3.16. The molecule has 0 saturated carbocycles. The van der Waals surface area contributed by atoms with Crippen LogP contribution in [0.15, 0.2) is 30.6 Å². The molecular formula is C11H8FN3O. The molecule has 0 atom stereocenters. The maximum atomic E-state index is 13.7. The smallest absolute Gasteiger partial charge is 0.219 e. The van der Waals surface area contributed by atoms with E-state index in [2.05, 4.69) is 9.97 Å². The highest BCUT2D eigenvalue weighted by molar-refractivity contribution is 5.79. The van der Waals surface area contributed by atoms with Gasteiger partial charge in [0.15, 0.2) is 6.29 Å². The highest BCUT2D eigenvalue weighted by Gasteiger charge is 2.09. The summed E-state index contributed by atoms with van der Waals surface area (Å²) in [5, 5.41) is 0. The van der Waals surface area contributed by atoms with Crippen LogP contribution in [0.2, 0.25) is 0 Å². The number of carbonyl (C=O) groups excluding carboxylic acids is 1. The Balaban J connectivity index is 2.56. The molecule has 2 rings (SSSR count). The van der Waals surface area contributed by atoms with Gasteiger partial charge in [0.2, 0.25) is 5.95 Å². The fourth-order valence-corrected chi connectivity index (χ4v) is 1.34. The zero-order valence-corrected chi connectivity index (χ0v) is 8.22. The minimum absolute atomic E-state index is 0.00863. The van der Waals surface area contributed by atoms with Crippen molar-refractivity contribution < 1.29 is 9.18 Å². The standard InChI is InChI=1S/C11H8FN3O/c12-10-7(6-16)2-1-3-9(10)8-4-14-11(13)15-5-8/h1-6H,(H2,13,14,15). The second-order valence-corrected chi connectivity index (χ2v) is 3.16. The van der Waals surface area contributed by atoms with E-state index in [1.807, 2.05) is 0 Å². The van der Waals surface area contributed by atoms with Gasteiger partial charge in [0.05, 0.1) is 5.56 Å². The molecule has 0 saturated heterocycles. The highest BCUT2D eigenvalue weighted by atomic mass is 19.1. The molecule has 4 nitrogen and oxygen atoms in total. The lowest BCUT2D eigenvalue weighted by molar-refractivity contribution is 0.112. The Bertz CT molecular complexity index is 525. The van der Waals surface area contributed by atoms with Crippen LogP contribution in [-0.2, 0) is 0 Å². The molecule has 0 amide bonds. The van der Waals surface area contributed by atoms with Crippen molar-refractivity contribution in [3.63, 3.8) is 0 Å². The number of hydrogen-bond donors (Lipinski definition) is 1. The van der Waals surface area contributed by atoms with Crippen LogP contribution in [0.1, 0.15) is 10.4 Å². The summed E-state index contributed by atoms with van der Waals surface area (Å²) < 4.78 is 13.7. The van der Waals surface area contributed by atoms with Gasteiger partial charge in [-0.15, -0.1) is 0 Å². The van der Waals surface area contributed by atoms with E-state index in [9.17, 15) is 9.18 Å². The third-order valence-electron chi connectivity index (χ3n) is 2.14. The highest BCUT2D eigenvalue weighted by Crippen LogP contribution is 2.23. The van der Waals surface area contributed by atoms with Crippen molar-refractivity contribution in [2.75, 3.05) is 5.73 Å². The van der Waals surface area contributed by atoms with Gasteiger partial charge in [-0.1, -0.05) is 12.1 Å². The summed E-state index contributed by atoms with van der Waals surface area (Å²) in [6, 6.07) is 4.56. The van der Waals surface area contributed by atoms with E-state index in [0.717, 1.165) is 0 Å². The maximum absolute atomic E-state index is 13.7. The number of aldehydes is 1. The Hall–Kier alpha value is -2.30. The first kappa shape index (κ1) is 10.2. The van der Waals surface area contributed by atoms with E-state index in [4.69, 9.17) is 5.73 Å². The number of nitrogens with zero attached hydrogens (tertiary/aromatic N) is 2. The minimum Gasteiger partial charge on any atom is -0.368 e. The molecular weight excluding hydrogens is 209 g/mol. The molecule has 5 heteroatoms. The summed E-state index contributed by atoms with van der Waals surface area (Å²) in [6.07, 6.45) is 3.29. The molecule has 2 N–H and O–H groups in total. The van der Waals surface area contributed by atoms with Gasteiger partial charge in [0, 0.05) is 23.5 Å². The molecule has 0 bridgehead atoms. The van der Waals surface area contributed by atoms with Crippen molar-refractivity contribution in [2.45, 2.75) is 0 Å². The zero-order chi connectivity index (χ0) is 11.5. The topological polar surface area (TPSA) is 68.9 Å². The summed E-state index contributed by atoms with van der Waals surface area (Å²) in [5.74, 6) is -0.457. The number of benzene rings is 1. The number of anilines is 1. The first-order chi connectivity index (χ1) is 7.72. The monoisotopic (exact) mass is 217 g/mol. The summed E-state index contributed by atoms with van der Waals surface area (Å²) in [7, 11) is 0. The van der Waals surface area contributed by atoms with Crippen molar-refractivity contribution >= 4 is 12.2 Å². The van der Waals surface area contributed by atoms with E-state index in [1.54, 1.807) is 12.1 Å².